The summed E-state index contributed by atoms with van der Waals surface area (Å²) in [5, 5.41) is 1.41. The second kappa shape index (κ2) is 8.90. The molecule has 0 saturated carbocycles. The lowest BCUT2D eigenvalue weighted by atomic mass is 9.82. The first kappa shape index (κ1) is 19.2. The number of fused-ring (bicyclic) bond motifs is 1. The molecule has 1 aliphatic rings. The quantitative estimate of drug-likeness (QED) is 0.487. The number of aromatic amines is 1. The molecule has 2 nitrogen and oxygen atoms in total. The SMILES string of the molecule is C=C(C(CC)CCC(CCC)c1c[nH]c2ccc(C)cc12)C1CCCO1. The largest absolute Gasteiger partial charge is 0.374 e. The topological polar surface area (TPSA) is 25.0 Å². The average Bonchev–Trinajstić information content (AvgIpc) is 3.30. The monoisotopic (exact) mass is 353 g/mol. The molecular formula is C24H35NO. The lowest BCUT2D eigenvalue weighted by molar-refractivity contribution is 0.127. The van der Waals surface area contributed by atoms with Crippen LogP contribution in [0.5, 0.6) is 0 Å². The van der Waals surface area contributed by atoms with Crippen LogP contribution >= 0.6 is 0 Å². The molecule has 0 spiro atoms. The Labute approximate surface area is 159 Å². The highest BCUT2D eigenvalue weighted by Gasteiger charge is 2.25. The number of ether oxygens (including phenoxy) is 1. The van der Waals surface area contributed by atoms with Crippen molar-refractivity contribution < 1.29 is 4.74 Å². The van der Waals surface area contributed by atoms with E-state index in [0.29, 0.717) is 17.9 Å². The molecule has 26 heavy (non-hydrogen) atoms. The highest BCUT2D eigenvalue weighted by Crippen LogP contribution is 2.36. The summed E-state index contributed by atoms with van der Waals surface area (Å²) in [5.74, 6) is 1.21. The second-order valence-electron chi connectivity index (χ2n) is 8.04. The maximum Gasteiger partial charge on any atom is 0.0785 e. The zero-order chi connectivity index (χ0) is 18.5. The van der Waals surface area contributed by atoms with E-state index in [1.165, 1.54) is 66.1 Å². The third-order valence-electron chi connectivity index (χ3n) is 6.17. The summed E-state index contributed by atoms with van der Waals surface area (Å²) < 4.78 is 5.89. The molecule has 2 aromatic rings. The van der Waals surface area contributed by atoms with E-state index in [4.69, 9.17) is 4.74 Å². The Kier molecular flexibility index (Phi) is 6.58. The molecule has 1 aromatic carbocycles. The van der Waals surface area contributed by atoms with E-state index in [9.17, 15) is 0 Å². The number of rotatable bonds is 9. The van der Waals surface area contributed by atoms with Crippen molar-refractivity contribution in [3.8, 4) is 0 Å². The van der Waals surface area contributed by atoms with Gasteiger partial charge in [-0.15, -0.1) is 0 Å². The van der Waals surface area contributed by atoms with Gasteiger partial charge in [0, 0.05) is 23.7 Å². The highest BCUT2D eigenvalue weighted by atomic mass is 16.5. The molecule has 0 aliphatic carbocycles. The van der Waals surface area contributed by atoms with Crippen molar-refractivity contribution in [1.29, 1.82) is 0 Å². The van der Waals surface area contributed by atoms with Crippen LogP contribution in [0.2, 0.25) is 0 Å². The first-order valence-electron chi connectivity index (χ1n) is 10.5. The number of H-pyrrole nitrogens is 1. The summed E-state index contributed by atoms with van der Waals surface area (Å²) >= 11 is 0. The Bertz CT molecular complexity index is 723. The lowest BCUT2D eigenvalue weighted by Gasteiger charge is -2.25. The zero-order valence-corrected chi connectivity index (χ0v) is 16.8. The maximum absolute atomic E-state index is 5.89. The third kappa shape index (κ3) is 4.23. The molecule has 1 N–H and O–H groups in total. The van der Waals surface area contributed by atoms with E-state index in [2.05, 4.69) is 56.7 Å². The predicted molar refractivity (Wildman–Crippen MR) is 112 cm³/mol. The normalized spacial score (nSPS) is 19.7. The summed E-state index contributed by atoms with van der Waals surface area (Å²) in [6, 6.07) is 6.74. The Hall–Kier alpha value is -1.54. The van der Waals surface area contributed by atoms with Crippen LogP contribution in [0.25, 0.3) is 10.9 Å². The lowest BCUT2D eigenvalue weighted by Crippen LogP contribution is -2.17. The molecule has 1 aliphatic heterocycles. The molecule has 0 bridgehead atoms. The second-order valence-corrected chi connectivity index (χ2v) is 8.04. The van der Waals surface area contributed by atoms with Crippen LogP contribution in [0.4, 0.5) is 0 Å². The minimum atomic E-state index is 0.306. The van der Waals surface area contributed by atoms with Crippen molar-refractivity contribution in [1.82, 2.24) is 4.98 Å². The van der Waals surface area contributed by atoms with Gasteiger partial charge in [0.1, 0.15) is 0 Å². The van der Waals surface area contributed by atoms with Crippen LogP contribution in [0.3, 0.4) is 0 Å². The van der Waals surface area contributed by atoms with E-state index in [-0.39, 0.29) is 0 Å². The third-order valence-corrected chi connectivity index (χ3v) is 6.17. The molecule has 1 saturated heterocycles. The summed E-state index contributed by atoms with van der Waals surface area (Å²) in [4.78, 5) is 3.49. The van der Waals surface area contributed by atoms with E-state index < -0.39 is 0 Å². The molecule has 3 unspecified atom stereocenters. The van der Waals surface area contributed by atoms with E-state index >= 15 is 0 Å². The fraction of sp³-hybridized carbons (Fsp3) is 0.583. The summed E-state index contributed by atoms with van der Waals surface area (Å²) in [6.07, 6.45) is 11.0. The minimum Gasteiger partial charge on any atom is -0.374 e. The van der Waals surface area contributed by atoms with Gasteiger partial charge in [-0.2, -0.15) is 0 Å². The van der Waals surface area contributed by atoms with Gasteiger partial charge >= 0.3 is 0 Å². The van der Waals surface area contributed by atoms with Gasteiger partial charge < -0.3 is 9.72 Å². The van der Waals surface area contributed by atoms with Crippen LogP contribution < -0.4 is 0 Å². The summed E-state index contributed by atoms with van der Waals surface area (Å²) in [7, 11) is 0. The number of aromatic nitrogens is 1. The first-order valence-corrected chi connectivity index (χ1v) is 10.5. The Morgan fingerprint density at radius 3 is 2.81 bits per heavy atom. The molecule has 3 atom stereocenters. The van der Waals surface area contributed by atoms with Crippen molar-refractivity contribution >= 4 is 10.9 Å². The van der Waals surface area contributed by atoms with Crippen LogP contribution in [0, 0.1) is 12.8 Å². The van der Waals surface area contributed by atoms with Crippen LogP contribution in [-0.2, 0) is 4.74 Å². The standard InChI is InChI=1S/C24H35NO/c1-5-8-20(22-16-25-23-13-10-17(3)15-21(22)23)12-11-19(6-2)18(4)24-9-7-14-26-24/h10,13,15-16,19-20,24-25H,4-9,11-12,14H2,1-3H3. The predicted octanol–water partition coefficient (Wildman–Crippen LogP) is 6.90. The number of hydrogen-bond acceptors (Lipinski definition) is 1. The van der Waals surface area contributed by atoms with Gasteiger partial charge in [-0.3, -0.25) is 0 Å². The molecule has 3 rings (SSSR count). The average molecular weight is 354 g/mol. The summed E-state index contributed by atoms with van der Waals surface area (Å²) in [5.41, 5.74) is 5.45. The van der Waals surface area contributed by atoms with Gasteiger partial charge in [-0.25, -0.2) is 0 Å². The molecule has 2 heterocycles. The van der Waals surface area contributed by atoms with Gasteiger partial charge in [0.2, 0.25) is 0 Å². The van der Waals surface area contributed by atoms with Crippen molar-refractivity contribution in [3.05, 3.63) is 47.7 Å². The van der Waals surface area contributed by atoms with Crippen LogP contribution in [-0.4, -0.2) is 17.7 Å². The number of benzene rings is 1. The van der Waals surface area contributed by atoms with Gasteiger partial charge in [0.15, 0.2) is 0 Å². The number of aryl methyl sites for hydroxylation is 1. The fourth-order valence-corrected chi connectivity index (χ4v) is 4.58. The Balaban J connectivity index is 1.73. The first-order chi connectivity index (χ1) is 12.6. The smallest absolute Gasteiger partial charge is 0.0785 e. The van der Waals surface area contributed by atoms with Crippen molar-refractivity contribution in [2.24, 2.45) is 5.92 Å². The molecular weight excluding hydrogens is 318 g/mol. The van der Waals surface area contributed by atoms with Crippen molar-refractivity contribution in [3.63, 3.8) is 0 Å². The highest BCUT2D eigenvalue weighted by molar-refractivity contribution is 5.84. The van der Waals surface area contributed by atoms with E-state index in [1.54, 1.807) is 0 Å². The molecule has 0 radical (unpaired) electrons. The van der Waals surface area contributed by atoms with Gasteiger partial charge in [0.25, 0.3) is 0 Å². The van der Waals surface area contributed by atoms with Crippen LogP contribution in [0.15, 0.2) is 36.5 Å². The Morgan fingerprint density at radius 1 is 1.27 bits per heavy atom. The minimum absolute atomic E-state index is 0.306. The maximum atomic E-state index is 5.89. The molecule has 0 amide bonds. The molecule has 1 aromatic heterocycles. The van der Waals surface area contributed by atoms with Crippen molar-refractivity contribution in [2.45, 2.75) is 77.7 Å². The zero-order valence-electron chi connectivity index (χ0n) is 16.8. The molecule has 142 valence electrons. The Morgan fingerprint density at radius 2 is 2.12 bits per heavy atom. The van der Waals surface area contributed by atoms with Gasteiger partial charge in [-0.1, -0.05) is 38.5 Å². The number of hydrogen-bond donors (Lipinski definition) is 1. The number of nitrogens with one attached hydrogen (secondary N) is 1. The fourth-order valence-electron chi connectivity index (χ4n) is 4.58. The molecule has 1 fully saturated rings. The van der Waals surface area contributed by atoms with Gasteiger partial charge in [-0.05, 0) is 80.6 Å². The van der Waals surface area contributed by atoms with E-state index in [0.717, 1.165) is 13.0 Å². The van der Waals surface area contributed by atoms with Crippen molar-refractivity contribution in [2.75, 3.05) is 6.61 Å². The van der Waals surface area contributed by atoms with Crippen LogP contribution in [0.1, 0.15) is 75.8 Å². The molecule has 2 heteroatoms. The van der Waals surface area contributed by atoms with Gasteiger partial charge in [0.05, 0.1) is 6.10 Å². The van der Waals surface area contributed by atoms with E-state index in [1.807, 2.05) is 0 Å². The summed E-state index contributed by atoms with van der Waals surface area (Å²) in [6.45, 7) is 12.1.